The van der Waals surface area contributed by atoms with Crippen LogP contribution in [0.3, 0.4) is 0 Å². The van der Waals surface area contributed by atoms with Crippen molar-refractivity contribution in [1.82, 2.24) is 9.55 Å². The third kappa shape index (κ3) is 2.88. The van der Waals surface area contributed by atoms with Crippen LogP contribution >= 0.6 is 0 Å². The zero-order chi connectivity index (χ0) is 17.3. The monoisotopic (exact) mass is 327 g/mol. The van der Waals surface area contributed by atoms with E-state index in [0.717, 1.165) is 5.56 Å². The van der Waals surface area contributed by atoms with E-state index < -0.39 is 0 Å². The zero-order valence-corrected chi connectivity index (χ0v) is 13.6. The maximum Gasteiger partial charge on any atom is 0.265 e. The first-order valence-corrected chi connectivity index (χ1v) is 7.38. The van der Waals surface area contributed by atoms with Crippen LogP contribution in [0.2, 0.25) is 0 Å². The summed E-state index contributed by atoms with van der Waals surface area (Å²) >= 11 is 0. The van der Waals surface area contributed by atoms with Crippen molar-refractivity contribution >= 4 is 22.7 Å². The number of hydrogen-bond donors (Lipinski definition) is 1. The molecule has 1 amide bonds. The molecule has 1 N–H and O–H groups in total. The molecule has 0 saturated carbocycles. The lowest BCUT2D eigenvalue weighted by Crippen LogP contribution is -2.27. The lowest BCUT2D eigenvalue weighted by atomic mass is 10.2. The highest BCUT2D eigenvalue weighted by atomic mass is 16.5. The molecular formula is C17H17N3O4. The van der Waals surface area contributed by atoms with Gasteiger partial charge in [-0.15, -0.1) is 0 Å². The molecule has 0 aliphatic heterocycles. The van der Waals surface area contributed by atoms with Crippen molar-refractivity contribution < 1.29 is 13.9 Å². The van der Waals surface area contributed by atoms with Gasteiger partial charge >= 0.3 is 0 Å². The highest BCUT2D eigenvalue weighted by Gasteiger charge is 2.15. The van der Waals surface area contributed by atoms with Crippen LogP contribution in [-0.4, -0.2) is 22.6 Å². The summed E-state index contributed by atoms with van der Waals surface area (Å²) in [6.07, 6.45) is 1.32. The van der Waals surface area contributed by atoms with Crippen LogP contribution in [0, 0.1) is 13.8 Å². The van der Waals surface area contributed by atoms with Crippen LogP contribution < -0.4 is 15.6 Å². The number of hydrogen-bond acceptors (Lipinski definition) is 5. The van der Waals surface area contributed by atoms with Gasteiger partial charge in [0, 0.05) is 17.3 Å². The van der Waals surface area contributed by atoms with E-state index in [1.54, 1.807) is 45.2 Å². The molecule has 0 bridgehead atoms. The molecule has 0 saturated heterocycles. The standard InChI is InChI=1S/C17H17N3O4/c1-10-11(2)24-16-15(10)17(22)20(9-18-16)8-14(21)19-12-5-4-6-13(7-12)23-3/h4-7,9H,8H2,1-3H3,(H,19,21). The molecule has 0 aliphatic rings. The number of benzene rings is 1. The number of carbonyl (C=O) groups is 1. The molecule has 0 fully saturated rings. The number of nitrogens with one attached hydrogen (secondary N) is 1. The highest BCUT2D eigenvalue weighted by Crippen LogP contribution is 2.19. The molecule has 0 radical (unpaired) electrons. The molecule has 0 atom stereocenters. The van der Waals surface area contributed by atoms with Gasteiger partial charge in [-0.05, 0) is 26.0 Å². The van der Waals surface area contributed by atoms with Crippen molar-refractivity contribution in [2.24, 2.45) is 0 Å². The first kappa shape index (κ1) is 15.8. The molecule has 0 aliphatic carbocycles. The Bertz CT molecular complexity index is 972. The number of fused-ring (bicyclic) bond motifs is 1. The lowest BCUT2D eigenvalue weighted by Gasteiger charge is -2.08. The Labute approximate surface area is 137 Å². The number of rotatable bonds is 4. The summed E-state index contributed by atoms with van der Waals surface area (Å²) in [6.45, 7) is 3.43. The van der Waals surface area contributed by atoms with E-state index in [0.29, 0.717) is 28.3 Å². The summed E-state index contributed by atoms with van der Waals surface area (Å²) in [5.74, 6) is 0.954. The lowest BCUT2D eigenvalue weighted by molar-refractivity contribution is -0.116. The van der Waals surface area contributed by atoms with Gasteiger partial charge in [0.15, 0.2) is 0 Å². The molecule has 24 heavy (non-hydrogen) atoms. The van der Waals surface area contributed by atoms with E-state index in [1.807, 2.05) is 0 Å². The van der Waals surface area contributed by atoms with E-state index in [1.165, 1.54) is 10.9 Å². The van der Waals surface area contributed by atoms with Crippen molar-refractivity contribution in [3.8, 4) is 5.75 Å². The molecule has 7 nitrogen and oxygen atoms in total. The minimum absolute atomic E-state index is 0.136. The molecule has 2 heterocycles. The van der Waals surface area contributed by atoms with Gasteiger partial charge in [0.25, 0.3) is 5.56 Å². The van der Waals surface area contributed by atoms with Crippen LogP contribution in [0.5, 0.6) is 5.75 Å². The molecule has 1 aromatic carbocycles. The van der Waals surface area contributed by atoms with Gasteiger partial charge in [-0.25, -0.2) is 4.98 Å². The number of aromatic nitrogens is 2. The summed E-state index contributed by atoms with van der Waals surface area (Å²) in [6, 6.07) is 6.99. The number of ether oxygens (including phenoxy) is 1. The van der Waals surface area contributed by atoms with Crippen molar-refractivity contribution in [2.45, 2.75) is 20.4 Å². The first-order chi connectivity index (χ1) is 11.5. The Kier molecular flexibility index (Phi) is 4.07. The van der Waals surface area contributed by atoms with Gasteiger partial charge in [-0.3, -0.25) is 14.2 Å². The number of amides is 1. The predicted octanol–water partition coefficient (Wildman–Crippen LogP) is 2.25. The van der Waals surface area contributed by atoms with Crippen molar-refractivity contribution in [3.05, 3.63) is 52.3 Å². The first-order valence-electron chi connectivity index (χ1n) is 7.38. The fourth-order valence-electron chi connectivity index (χ4n) is 2.44. The van der Waals surface area contributed by atoms with E-state index in [-0.39, 0.29) is 18.0 Å². The SMILES string of the molecule is COc1cccc(NC(=O)Cn2cnc3oc(C)c(C)c3c2=O)c1. The fourth-order valence-corrected chi connectivity index (χ4v) is 2.44. The van der Waals surface area contributed by atoms with Crippen LogP contribution in [-0.2, 0) is 11.3 Å². The topological polar surface area (TPSA) is 86.4 Å². The summed E-state index contributed by atoms with van der Waals surface area (Å²) in [5, 5.41) is 3.14. The van der Waals surface area contributed by atoms with Crippen molar-refractivity contribution in [2.75, 3.05) is 12.4 Å². The second-order valence-electron chi connectivity index (χ2n) is 5.42. The normalized spacial score (nSPS) is 10.8. The zero-order valence-electron chi connectivity index (χ0n) is 13.6. The Balaban J connectivity index is 1.84. The summed E-state index contributed by atoms with van der Waals surface area (Å²) in [4.78, 5) is 28.8. The number of furan rings is 1. The molecule has 7 heteroatoms. The predicted molar refractivity (Wildman–Crippen MR) is 89.4 cm³/mol. The average molecular weight is 327 g/mol. The largest absolute Gasteiger partial charge is 0.497 e. The van der Waals surface area contributed by atoms with Crippen LogP contribution in [0.1, 0.15) is 11.3 Å². The minimum Gasteiger partial charge on any atom is -0.497 e. The van der Waals surface area contributed by atoms with Gasteiger partial charge in [-0.1, -0.05) is 6.07 Å². The molecule has 0 spiro atoms. The number of anilines is 1. The molecular weight excluding hydrogens is 310 g/mol. The molecule has 124 valence electrons. The van der Waals surface area contributed by atoms with Gasteiger partial charge in [0.1, 0.15) is 29.8 Å². The second-order valence-corrected chi connectivity index (χ2v) is 5.42. The van der Waals surface area contributed by atoms with Crippen LogP contribution in [0.25, 0.3) is 11.1 Å². The number of carbonyl (C=O) groups excluding carboxylic acids is 1. The van der Waals surface area contributed by atoms with Gasteiger partial charge in [-0.2, -0.15) is 0 Å². The summed E-state index contributed by atoms with van der Waals surface area (Å²) in [5.41, 5.74) is 1.33. The van der Waals surface area contributed by atoms with E-state index >= 15 is 0 Å². The van der Waals surface area contributed by atoms with Gasteiger partial charge in [0.05, 0.1) is 7.11 Å². The molecule has 2 aromatic heterocycles. The maximum atomic E-state index is 12.5. The van der Waals surface area contributed by atoms with Crippen molar-refractivity contribution in [3.63, 3.8) is 0 Å². The fraction of sp³-hybridized carbons (Fsp3) is 0.235. The van der Waals surface area contributed by atoms with E-state index in [2.05, 4.69) is 10.3 Å². The Morgan fingerprint density at radius 3 is 2.92 bits per heavy atom. The van der Waals surface area contributed by atoms with Crippen molar-refractivity contribution in [1.29, 1.82) is 0 Å². The highest BCUT2D eigenvalue weighted by molar-refractivity contribution is 5.91. The van der Waals surface area contributed by atoms with E-state index in [9.17, 15) is 9.59 Å². The Morgan fingerprint density at radius 2 is 2.17 bits per heavy atom. The minimum atomic E-state index is -0.329. The second kappa shape index (κ2) is 6.19. The van der Waals surface area contributed by atoms with Crippen LogP contribution in [0.4, 0.5) is 5.69 Å². The third-order valence-corrected chi connectivity index (χ3v) is 3.82. The Morgan fingerprint density at radius 1 is 1.38 bits per heavy atom. The number of nitrogens with zero attached hydrogens (tertiary/aromatic N) is 2. The van der Waals surface area contributed by atoms with Gasteiger partial charge in [0.2, 0.25) is 11.6 Å². The quantitative estimate of drug-likeness (QED) is 0.794. The molecule has 3 rings (SSSR count). The number of methoxy groups -OCH3 is 1. The van der Waals surface area contributed by atoms with E-state index in [4.69, 9.17) is 9.15 Å². The third-order valence-electron chi connectivity index (χ3n) is 3.82. The maximum absolute atomic E-state index is 12.5. The molecule has 3 aromatic rings. The van der Waals surface area contributed by atoms with Crippen LogP contribution in [0.15, 0.2) is 39.8 Å². The number of aryl methyl sites for hydroxylation is 2. The summed E-state index contributed by atoms with van der Waals surface area (Å²) < 4.78 is 11.8. The van der Waals surface area contributed by atoms with Gasteiger partial charge < -0.3 is 14.5 Å². The smallest absolute Gasteiger partial charge is 0.265 e. The summed E-state index contributed by atoms with van der Waals surface area (Å²) in [7, 11) is 1.55. The molecule has 0 unspecified atom stereocenters. The average Bonchev–Trinajstić information content (AvgIpc) is 2.85. The Hall–Kier alpha value is -3.09.